The van der Waals surface area contributed by atoms with Crippen LogP contribution in [0.2, 0.25) is 0 Å². The number of benzene rings is 1. The lowest BCUT2D eigenvalue weighted by Gasteiger charge is -2.48. The summed E-state index contributed by atoms with van der Waals surface area (Å²) in [4.78, 5) is 0. The Hall–Kier alpha value is -0.540. The maximum atomic E-state index is 9.64. The lowest BCUT2D eigenvalue weighted by molar-refractivity contribution is -0.134. The Kier molecular flexibility index (Phi) is 3.01. The summed E-state index contributed by atoms with van der Waals surface area (Å²) >= 11 is 3.46. The Morgan fingerprint density at radius 3 is 2.62 bits per heavy atom. The van der Waals surface area contributed by atoms with Crippen LogP contribution in [0.3, 0.4) is 0 Å². The molecule has 0 bridgehead atoms. The first-order valence-electron chi connectivity index (χ1n) is 5.52. The van der Waals surface area contributed by atoms with E-state index in [4.69, 9.17) is 4.74 Å². The van der Waals surface area contributed by atoms with Crippen LogP contribution in [0.4, 0.5) is 0 Å². The molecule has 0 saturated heterocycles. The van der Waals surface area contributed by atoms with Crippen molar-refractivity contribution in [3.63, 3.8) is 0 Å². The molecular formula is C13H17BrO2. The molecule has 1 saturated carbocycles. The molecule has 0 radical (unpaired) electrons. The maximum Gasteiger partial charge on any atom is 0.120 e. The van der Waals surface area contributed by atoms with E-state index in [9.17, 15) is 5.11 Å². The van der Waals surface area contributed by atoms with Crippen LogP contribution in [0.15, 0.2) is 22.7 Å². The fourth-order valence-electron chi connectivity index (χ4n) is 1.92. The van der Waals surface area contributed by atoms with Crippen LogP contribution in [-0.2, 0) is 0 Å². The highest BCUT2D eigenvalue weighted by molar-refractivity contribution is 9.10. The predicted octanol–water partition coefficient (Wildman–Crippen LogP) is 3.30. The van der Waals surface area contributed by atoms with Crippen LogP contribution in [0, 0.1) is 12.3 Å². The minimum atomic E-state index is -0.242. The summed E-state index contributed by atoms with van der Waals surface area (Å²) < 4.78 is 6.98. The van der Waals surface area contributed by atoms with Gasteiger partial charge in [0, 0.05) is 16.3 Å². The van der Waals surface area contributed by atoms with Crippen molar-refractivity contribution in [1.29, 1.82) is 0 Å². The Labute approximate surface area is 105 Å². The van der Waals surface area contributed by atoms with Crippen LogP contribution < -0.4 is 4.74 Å². The fourth-order valence-corrected chi connectivity index (χ4v) is 2.17. The second-order valence-electron chi connectivity index (χ2n) is 5.09. The molecule has 0 heterocycles. The van der Waals surface area contributed by atoms with Crippen molar-refractivity contribution in [3.8, 4) is 5.75 Å². The summed E-state index contributed by atoms with van der Waals surface area (Å²) in [5.74, 6) is 0.880. The van der Waals surface area contributed by atoms with Gasteiger partial charge in [0.2, 0.25) is 0 Å². The molecule has 1 aliphatic carbocycles. The normalized spacial score (nSPS) is 27.3. The first-order valence-corrected chi connectivity index (χ1v) is 6.31. The van der Waals surface area contributed by atoms with Crippen molar-refractivity contribution >= 4 is 15.9 Å². The molecule has 0 amide bonds. The minimum Gasteiger partial charge on any atom is -0.490 e. The quantitative estimate of drug-likeness (QED) is 0.903. The predicted molar refractivity (Wildman–Crippen MR) is 67.7 cm³/mol. The molecule has 1 aromatic carbocycles. The van der Waals surface area contributed by atoms with Crippen LogP contribution in [0.5, 0.6) is 5.75 Å². The molecule has 1 N–H and O–H groups in total. The van der Waals surface area contributed by atoms with Gasteiger partial charge < -0.3 is 9.84 Å². The number of hydrogen-bond acceptors (Lipinski definition) is 2. The van der Waals surface area contributed by atoms with Gasteiger partial charge in [0.05, 0.1) is 6.10 Å². The average molecular weight is 285 g/mol. The number of hydrogen-bond donors (Lipinski definition) is 1. The zero-order valence-electron chi connectivity index (χ0n) is 9.83. The molecule has 0 spiro atoms. The van der Waals surface area contributed by atoms with Crippen LogP contribution >= 0.6 is 15.9 Å². The van der Waals surface area contributed by atoms with E-state index in [2.05, 4.69) is 15.9 Å². The zero-order chi connectivity index (χ0) is 11.9. The third-order valence-corrected chi connectivity index (χ3v) is 4.42. The third kappa shape index (κ3) is 1.98. The van der Waals surface area contributed by atoms with Gasteiger partial charge >= 0.3 is 0 Å². The molecule has 1 fully saturated rings. The summed E-state index contributed by atoms with van der Waals surface area (Å²) in [7, 11) is 0. The molecule has 3 heteroatoms. The van der Waals surface area contributed by atoms with Gasteiger partial charge in [-0.05, 0) is 30.7 Å². The third-order valence-electron chi connectivity index (χ3n) is 3.53. The van der Waals surface area contributed by atoms with Crippen LogP contribution in [-0.4, -0.2) is 17.3 Å². The summed E-state index contributed by atoms with van der Waals surface area (Å²) in [6.45, 7) is 6.12. The van der Waals surface area contributed by atoms with Crippen molar-refractivity contribution in [2.45, 2.75) is 39.4 Å². The topological polar surface area (TPSA) is 29.5 Å². The molecule has 2 nitrogen and oxygen atoms in total. The Balaban J connectivity index is 2.08. The average Bonchev–Trinajstić information content (AvgIpc) is 2.23. The molecule has 2 unspecified atom stereocenters. The van der Waals surface area contributed by atoms with Crippen molar-refractivity contribution in [1.82, 2.24) is 0 Å². The van der Waals surface area contributed by atoms with Crippen LogP contribution in [0.1, 0.15) is 25.8 Å². The van der Waals surface area contributed by atoms with Gasteiger partial charge in [0.15, 0.2) is 0 Å². The summed E-state index contributed by atoms with van der Waals surface area (Å²) in [6.07, 6.45) is 0.597. The van der Waals surface area contributed by atoms with Crippen molar-refractivity contribution < 1.29 is 9.84 Å². The number of halogens is 1. The number of aryl methyl sites for hydroxylation is 1. The number of rotatable bonds is 2. The second-order valence-corrected chi connectivity index (χ2v) is 5.94. The van der Waals surface area contributed by atoms with Crippen molar-refractivity contribution in [2.75, 3.05) is 0 Å². The van der Waals surface area contributed by atoms with Crippen LogP contribution in [0.25, 0.3) is 0 Å². The lowest BCUT2D eigenvalue weighted by atomic mass is 9.66. The van der Waals surface area contributed by atoms with Gasteiger partial charge in [-0.2, -0.15) is 0 Å². The van der Waals surface area contributed by atoms with E-state index < -0.39 is 0 Å². The minimum absolute atomic E-state index is 0.114. The second kappa shape index (κ2) is 4.04. The number of aliphatic hydroxyl groups is 1. The van der Waals surface area contributed by atoms with E-state index in [0.717, 1.165) is 22.2 Å². The van der Waals surface area contributed by atoms with Gasteiger partial charge in [-0.25, -0.2) is 0 Å². The number of ether oxygens (including phenoxy) is 1. The Bertz CT molecular complexity index is 401. The zero-order valence-corrected chi connectivity index (χ0v) is 11.4. The highest BCUT2D eigenvalue weighted by Gasteiger charge is 2.49. The molecule has 16 heavy (non-hydrogen) atoms. The highest BCUT2D eigenvalue weighted by Crippen LogP contribution is 2.43. The van der Waals surface area contributed by atoms with E-state index in [1.165, 1.54) is 0 Å². The summed E-state index contributed by atoms with van der Waals surface area (Å²) in [5.41, 5.74) is 1.02. The molecule has 0 aliphatic heterocycles. The van der Waals surface area contributed by atoms with E-state index in [1.807, 2.05) is 39.0 Å². The molecule has 1 aliphatic rings. The van der Waals surface area contributed by atoms with E-state index in [-0.39, 0.29) is 17.6 Å². The SMILES string of the molecule is Cc1cc(OC2CC(O)C2(C)C)ccc1Br. The van der Waals surface area contributed by atoms with E-state index in [1.54, 1.807) is 0 Å². The van der Waals surface area contributed by atoms with Crippen molar-refractivity contribution in [2.24, 2.45) is 5.41 Å². The fraction of sp³-hybridized carbons (Fsp3) is 0.538. The molecule has 2 rings (SSSR count). The van der Waals surface area contributed by atoms with Gasteiger partial charge in [0.1, 0.15) is 11.9 Å². The molecule has 1 aromatic rings. The molecule has 0 aromatic heterocycles. The van der Waals surface area contributed by atoms with Gasteiger partial charge in [0.25, 0.3) is 0 Å². The smallest absolute Gasteiger partial charge is 0.120 e. The Morgan fingerprint density at radius 1 is 1.44 bits per heavy atom. The number of aliphatic hydroxyl groups excluding tert-OH is 1. The van der Waals surface area contributed by atoms with Gasteiger partial charge in [-0.1, -0.05) is 29.8 Å². The standard InChI is InChI=1S/C13H17BrO2/c1-8-6-9(4-5-10(8)14)16-12-7-11(15)13(12,2)3/h4-6,11-12,15H,7H2,1-3H3. The largest absolute Gasteiger partial charge is 0.490 e. The van der Waals surface area contributed by atoms with Gasteiger partial charge in [-0.15, -0.1) is 0 Å². The first-order chi connectivity index (χ1) is 7.41. The molecule has 88 valence electrons. The summed E-state index contributed by atoms with van der Waals surface area (Å²) in [6, 6.07) is 5.97. The molecule has 2 atom stereocenters. The van der Waals surface area contributed by atoms with E-state index >= 15 is 0 Å². The monoisotopic (exact) mass is 284 g/mol. The highest BCUT2D eigenvalue weighted by atomic mass is 79.9. The lowest BCUT2D eigenvalue weighted by Crippen LogP contribution is -2.56. The first kappa shape index (κ1) is 11.9. The maximum absolute atomic E-state index is 9.64. The van der Waals surface area contributed by atoms with Crippen molar-refractivity contribution in [3.05, 3.63) is 28.2 Å². The molecular weight excluding hydrogens is 268 g/mol. The van der Waals surface area contributed by atoms with E-state index in [0.29, 0.717) is 0 Å². The Morgan fingerprint density at radius 2 is 2.12 bits per heavy atom. The van der Waals surface area contributed by atoms with Gasteiger partial charge in [-0.3, -0.25) is 0 Å². The summed E-state index contributed by atoms with van der Waals surface area (Å²) in [5, 5.41) is 9.64.